The van der Waals surface area contributed by atoms with Gasteiger partial charge in [0.25, 0.3) is 0 Å². The Labute approximate surface area is 135 Å². The van der Waals surface area contributed by atoms with Crippen LogP contribution in [0.25, 0.3) is 0 Å². The van der Waals surface area contributed by atoms with Gasteiger partial charge in [0, 0.05) is 13.1 Å². The molecule has 0 aromatic heterocycles. The average molecular weight is 351 g/mol. The summed E-state index contributed by atoms with van der Waals surface area (Å²) in [4.78, 5) is 44.0. The van der Waals surface area contributed by atoms with Crippen LogP contribution in [0.2, 0.25) is 0 Å². The Morgan fingerprint density at radius 3 is 2.04 bits per heavy atom. The Morgan fingerprint density at radius 2 is 1.65 bits per heavy atom. The van der Waals surface area contributed by atoms with Crippen molar-refractivity contribution in [3.05, 3.63) is 0 Å². The number of hydrogen-bond donors (Lipinski definition) is 5. The molecule has 0 fully saturated rings. The van der Waals surface area contributed by atoms with Crippen LogP contribution in [0.5, 0.6) is 0 Å². The molecule has 0 aromatic carbocycles. The molecule has 0 aliphatic heterocycles. The molecule has 9 nitrogen and oxygen atoms in total. The highest BCUT2D eigenvalue weighted by molar-refractivity contribution is 7.57. The summed E-state index contributed by atoms with van der Waals surface area (Å²) in [6.07, 6.45) is -0.307. The molecule has 6 N–H and O–H groups in total. The number of carbonyl (C=O) groups is 3. The SMILES string of the molecule is CC(C)[C@H](NC(=O)[C@@H](N)CCC(=O)O)C(=O)NC(C)P(C)(=O)O. The number of carboxylic acid groups (broad SMARTS) is 1. The van der Waals surface area contributed by atoms with Gasteiger partial charge in [0.15, 0.2) is 0 Å². The normalized spacial score (nSPS) is 17.7. The van der Waals surface area contributed by atoms with Crippen molar-refractivity contribution in [1.82, 2.24) is 10.6 Å². The van der Waals surface area contributed by atoms with Gasteiger partial charge in [0.1, 0.15) is 11.8 Å². The zero-order valence-electron chi connectivity index (χ0n) is 13.8. The van der Waals surface area contributed by atoms with Crippen LogP contribution in [-0.4, -0.2) is 52.3 Å². The molecule has 0 saturated heterocycles. The molecule has 0 bridgehead atoms. The summed E-state index contributed by atoms with van der Waals surface area (Å²) >= 11 is 0. The molecule has 0 aromatic rings. The first-order chi connectivity index (χ1) is 10.4. The van der Waals surface area contributed by atoms with Gasteiger partial charge in [-0.1, -0.05) is 13.8 Å². The smallest absolute Gasteiger partial charge is 0.303 e. The Kier molecular flexibility index (Phi) is 8.44. The van der Waals surface area contributed by atoms with E-state index in [4.69, 9.17) is 10.8 Å². The van der Waals surface area contributed by atoms with Gasteiger partial charge in [-0.2, -0.15) is 0 Å². The van der Waals surface area contributed by atoms with Crippen LogP contribution in [0.3, 0.4) is 0 Å². The lowest BCUT2D eigenvalue weighted by molar-refractivity contribution is -0.137. The van der Waals surface area contributed by atoms with E-state index < -0.39 is 43.0 Å². The summed E-state index contributed by atoms with van der Waals surface area (Å²) in [5.41, 5.74) is 5.59. The average Bonchev–Trinajstić information content (AvgIpc) is 2.39. The first kappa shape index (κ1) is 21.6. The van der Waals surface area contributed by atoms with Gasteiger partial charge >= 0.3 is 5.97 Å². The monoisotopic (exact) mass is 351 g/mol. The zero-order chi connectivity index (χ0) is 18.4. The fourth-order valence-electron chi connectivity index (χ4n) is 1.62. The standard InChI is InChI=1S/C13H26N3O6P/c1-7(2)11(13(20)15-8(3)23(4,21)22)16-12(19)9(14)5-6-10(17)18/h7-9,11H,5-6,14H2,1-4H3,(H,15,20)(H,16,19)(H,17,18)(H,21,22)/t8?,9-,11-/m0/s1. The van der Waals surface area contributed by atoms with Crippen molar-refractivity contribution in [2.75, 3.05) is 6.66 Å². The lowest BCUT2D eigenvalue weighted by Gasteiger charge is -2.26. The number of hydrogen-bond acceptors (Lipinski definition) is 5. The minimum absolute atomic E-state index is 0.0508. The molecule has 2 unspecified atom stereocenters. The summed E-state index contributed by atoms with van der Waals surface area (Å²) in [6.45, 7) is 5.92. The van der Waals surface area contributed by atoms with Crippen LogP contribution < -0.4 is 16.4 Å². The number of rotatable bonds is 9. The summed E-state index contributed by atoms with van der Waals surface area (Å²) in [5.74, 6) is -3.54. The second kappa shape index (κ2) is 9.00. The number of carboxylic acids is 1. The van der Waals surface area contributed by atoms with Gasteiger partial charge in [-0.05, 0) is 19.3 Å². The van der Waals surface area contributed by atoms with Crippen molar-refractivity contribution < 1.29 is 28.9 Å². The van der Waals surface area contributed by atoms with E-state index in [1.54, 1.807) is 13.8 Å². The first-order valence-corrected chi connectivity index (χ1v) is 9.42. The van der Waals surface area contributed by atoms with Crippen molar-refractivity contribution in [3.63, 3.8) is 0 Å². The molecule has 0 radical (unpaired) electrons. The maximum atomic E-state index is 12.2. The van der Waals surface area contributed by atoms with Gasteiger partial charge in [0.05, 0.1) is 6.04 Å². The highest BCUT2D eigenvalue weighted by atomic mass is 31.2. The Morgan fingerprint density at radius 1 is 1.13 bits per heavy atom. The number of carbonyl (C=O) groups excluding carboxylic acids is 2. The van der Waals surface area contributed by atoms with E-state index in [1.807, 2.05) is 0 Å². The summed E-state index contributed by atoms with van der Waals surface area (Å²) in [6, 6.07) is -1.99. The van der Waals surface area contributed by atoms with E-state index in [9.17, 15) is 23.8 Å². The lowest BCUT2D eigenvalue weighted by Crippen LogP contribution is -2.55. The van der Waals surface area contributed by atoms with E-state index in [0.29, 0.717) is 0 Å². The summed E-state index contributed by atoms with van der Waals surface area (Å²) < 4.78 is 11.5. The lowest BCUT2D eigenvalue weighted by atomic mass is 10.0. The fourth-order valence-corrected chi connectivity index (χ4v) is 1.99. The van der Waals surface area contributed by atoms with E-state index in [1.165, 1.54) is 6.92 Å². The van der Waals surface area contributed by atoms with E-state index >= 15 is 0 Å². The molecule has 10 heteroatoms. The predicted octanol–water partition coefficient (Wildman–Crippen LogP) is -0.318. The number of amides is 2. The maximum absolute atomic E-state index is 12.2. The predicted molar refractivity (Wildman–Crippen MR) is 85.0 cm³/mol. The number of aliphatic carboxylic acids is 1. The van der Waals surface area contributed by atoms with Gasteiger partial charge in [-0.25, -0.2) is 0 Å². The Hall–Kier alpha value is -1.44. The molecule has 0 heterocycles. The zero-order valence-corrected chi connectivity index (χ0v) is 14.7. The van der Waals surface area contributed by atoms with Crippen LogP contribution in [0, 0.1) is 5.92 Å². The van der Waals surface area contributed by atoms with Crippen molar-refractivity contribution in [3.8, 4) is 0 Å². The van der Waals surface area contributed by atoms with Gasteiger partial charge in [-0.3, -0.25) is 18.9 Å². The molecule has 4 atom stereocenters. The second-order valence-electron chi connectivity index (χ2n) is 5.90. The second-order valence-corrected chi connectivity index (χ2v) is 8.56. The molecule has 0 aliphatic rings. The molecular weight excluding hydrogens is 325 g/mol. The van der Waals surface area contributed by atoms with Crippen LogP contribution in [-0.2, 0) is 18.9 Å². The number of nitrogens with two attached hydrogens (primary N) is 1. The Bertz CT molecular complexity index is 490. The summed E-state index contributed by atoms with van der Waals surface area (Å²) in [7, 11) is -3.49. The minimum Gasteiger partial charge on any atom is -0.481 e. The van der Waals surface area contributed by atoms with Crippen LogP contribution in [0.15, 0.2) is 0 Å². The van der Waals surface area contributed by atoms with Crippen molar-refractivity contribution in [2.24, 2.45) is 11.7 Å². The summed E-state index contributed by atoms with van der Waals surface area (Å²) in [5, 5.41) is 13.4. The highest BCUT2D eigenvalue weighted by Gasteiger charge is 2.30. The van der Waals surface area contributed by atoms with Crippen molar-refractivity contribution >= 4 is 25.2 Å². The molecule has 134 valence electrons. The van der Waals surface area contributed by atoms with E-state index in [2.05, 4.69) is 10.6 Å². The van der Waals surface area contributed by atoms with Crippen LogP contribution in [0.4, 0.5) is 0 Å². The van der Waals surface area contributed by atoms with Crippen LogP contribution in [0.1, 0.15) is 33.6 Å². The molecule has 0 saturated carbocycles. The molecule has 2 amide bonds. The van der Waals surface area contributed by atoms with Gasteiger partial charge < -0.3 is 26.4 Å². The molecule has 0 aliphatic carbocycles. The largest absolute Gasteiger partial charge is 0.481 e. The highest BCUT2D eigenvalue weighted by Crippen LogP contribution is 2.39. The number of nitrogens with one attached hydrogen (secondary N) is 2. The van der Waals surface area contributed by atoms with Crippen LogP contribution >= 0.6 is 7.37 Å². The molecule has 0 spiro atoms. The van der Waals surface area contributed by atoms with Gasteiger partial charge in [-0.15, -0.1) is 0 Å². The molecule has 0 rings (SSSR count). The Balaban J connectivity index is 4.80. The third-order valence-corrected chi connectivity index (χ3v) is 4.89. The van der Waals surface area contributed by atoms with E-state index in [-0.39, 0.29) is 18.8 Å². The van der Waals surface area contributed by atoms with Crippen molar-refractivity contribution in [1.29, 1.82) is 0 Å². The first-order valence-electron chi connectivity index (χ1n) is 7.24. The third kappa shape index (κ3) is 8.11. The molecular formula is C13H26N3O6P. The van der Waals surface area contributed by atoms with E-state index in [0.717, 1.165) is 6.66 Å². The molecule has 23 heavy (non-hydrogen) atoms. The van der Waals surface area contributed by atoms with Crippen molar-refractivity contribution in [2.45, 2.75) is 51.5 Å². The quantitative estimate of drug-likeness (QED) is 0.356. The minimum atomic E-state index is -3.49. The maximum Gasteiger partial charge on any atom is 0.303 e. The third-order valence-electron chi connectivity index (χ3n) is 3.32. The van der Waals surface area contributed by atoms with Gasteiger partial charge in [0.2, 0.25) is 19.2 Å². The topological polar surface area (TPSA) is 159 Å². The fraction of sp³-hybridized carbons (Fsp3) is 0.769.